The number of thiazole rings is 1. The van der Waals surface area contributed by atoms with E-state index in [-0.39, 0.29) is 5.69 Å². The number of primary amides is 1. The lowest BCUT2D eigenvalue weighted by Crippen LogP contribution is -2.10. The van der Waals surface area contributed by atoms with E-state index in [4.69, 9.17) is 5.73 Å². The van der Waals surface area contributed by atoms with Crippen LogP contribution in [0.2, 0.25) is 0 Å². The van der Waals surface area contributed by atoms with Crippen LogP contribution in [0.1, 0.15) is 10.5 Å². The van der Waals surface area contributed by atoms with Crippen molar-refractivity contribution in [2.45, 2.75) is 0 Å². The van der Waals surface area contributed by atoms with Gasteiger partial charge in [-0.25, -0.2) is 4.98 Å². The van der Waals surface area contributed by atoms with Crippen LogP contribution >= 0.6 is 11.3 Å². The van der Waals surface area contributed by atoms with Crippen LogP contribution in [-0.4, -0.2) is 10.9 Å². The summed E-state index contributed by atoms with van der Waals surface area (Å²) in [5, 5.41) is 1.56. The molecule has 0 aliphatic carbocycles. The Morgan fingerprint density at radius 3 is 3.00 bits per heavy atom. The predicted octanol–water partition coefficient (Wildman–Crippen LogP) is 0.0422. The van der Waals surface area contributed by atoms with E-state index in [0.717, 1.165) is 0 Å². The normalized spacial score (nSPS) is 9.00. The first-order valence-corrected chi connectivity index (χ1v) is 2.80. The number of hydrogen-bond donors (Lipinski definition) is 1. The van der Waals surface area contributed by atoms with Crippen LogP contribution in [0.5, 0.6) is 0 Å². The minimum Gasteiger partial charge on any atom is -0.364 e. The Kier molecular flexibility index (Phi) is 1.26. The van der Waals surface area contributed by atoms with Crippen molar-refractivity contribution in [1.82, 2.24) is 4.98 Å². The Bertz CT molecular complexity index is 182. The van der Waals surface area contributed by atoms with Gasteiger partial charge in [0, 0.05) is 5.38 Å². The first-order valence-electron chi connectivity index (χ1n) is 1.92. The molecule has 0 aliphatic rings. The average molecular weight is 127 g/mol. The van der Waals surface area contributed by atoms with Gasteiger partial charge in [-0.15, -0.1) is 11.3 Å². The third-order valence-corrected chi connectivity index (χ3v) is 1.18. The van der Waals surface area contributed by atoms with E-state index in [0.29, 0.717) is 0 Å². The highest BCUT2D eigenvalue weighted by atomic mass is 32.1. The van der Waals surface area contributed by atoms with Crippen LogP contribution in [0.25, 0.3) is 0 Å². The van der Waals surface area contributed by atoms with Gasteiger partial charge >= 0.3 is 0 Å². The first kappa shape index (κ1) is 5.24. The number of hydrogen-bond acceptors (Lipinski definition) is 3. The fourth-order valence-corrected chi connectivity index (χ4v) is 0.781. The number of aromatic nitrogens is 1. The zero-order valence-corrected chi connectivity index (χ0v) is 4.73. The Labute approximate surface area is 50.2 Å². The Balaban J connectivity index is 2.93. The minimum atomic E-state index is -0.498. The van der Waals surface area contributed by atoms with E-state index in [9.17, 15) is 4.79 Å². The Hall–Kier alpha value is -0.900. The maximum Gasteiger partial charge on any atom is 0.268 e. The van der Waals surface area contributed by atoms with Gasteiger partial charge in [0.1, 0.15) is 5.69 Å². The molecule has 1 radical (unpaired) electrons. The molecule has 1 rings (SSSR count). The van der Waals surface area contributed by atoms with Crippen molar-refractivity contribution in [2.24, 2.45) is 5.73 Å². The topological polar surface area (TPSA) is 56.0 Å². The monoisotopic (exact) mass is 127 g/mol. The number of nitrogens with two attached hydrogens (primary N) is 1. The van der Waals surface area contributed by atoms with Crippen LogP contribution in [0.4, 0.5) is 0 Å². The number of rotatable bonds is 1. The molecule has 0 spiro atoms. The first-order chi connectivity index (χ1) is 3.80. The maximum atomic E-state index is 10.2. The summed E-state index contributed by atoms with van der Waals surface area (Å²) in [4.78, 5) is 13.7. The lowest BCUT2D eigenvalue weighted by atomic mass is 10.5. The third-order valence-electron chi connectivity index (χ3n) is 0.642. The molecule has 1 aromatic heterocycles. The van der Waals surface area contributed by atoms with E-state index in [1.165, 1.54) is 11.3 Å². The van der Waals surface area contributed by atoms with E-state index in [1.807, 2.05) is 0 Å². The fraction of sp³-hybridized carbons (Fsp3) is 0. The molecule has 8 heavy (non-hydrogen) atoms. The molecule has 0 saturated carbocycles. The molecule has 0 fully saturated rings. The second-order valence-corrected chi connectivity index (χ2v) is 1.84. The highest BCUT2D eigenvalue weighted by molar-refractivity contribution is 7.07. The van der Waals surface area contributed by atoms with Crippen molar-refractivity contribution in [2.75, 3.05) is 0 Å². The van der Waals surface area contributed by atoms with Gasteiger partial charge in [0.05, 0.1) is 0 Å². The van der Waals surface area contributed by atoms with Crippen LogP contribution < -0.4 is 5.73 Å². The second-order valence-electron chi connectivity index (χ2n) is 1.19. The van der Waals surface area contributed by atoms with Crippen LogP contribution in [-0.2, 0) is 0 Å². The summed E-state index contributed by atoms with van der Waals surface area (Å²) in [6.07, 6.45) is 0. The SMILES string of the molecule is NC(=O)c1cs[c]n1. The molecular formula is C4H3N2OS. The maximum absolute atomic E-state index is 10.2. The fourth-order valence-electron chi connectivity index (χ4n) is 0.297. The largest absolute Gasteiger partial charge is 0.364 e. The van der Waals surface area contributed by atoms with Gasteiger partial charge in [0.15, 0.2) is 5.51 Å². The zero-order chi connectivity index (χ0) is 5.98. The molecule has 0 unspecified atom stereocenters. The van der Waals surface area contributed by atoms with Gasteiger partial charge in [0.25, 0.3) is 5.91 Å². The number of nitrogens with zero attached hydrogens (tertiary/aromatic N) is 1. The summed E-state index contributed by atoms with van der Waals surface area (Å²) in [6, 6.07) is 0. The van der Waals surface area contributed by atoms with Crippen molar-refractivity contribution in [1.29, 1.82) is 0 Å². The third kappa shape index (κ3) is 0.840. The molecule has 2 N–H and O–H groups in total. The van der Waals surface area contributed by atoms with Gasteiger partial charge < -0.3 is 5.73 Å². The molecule has 1 aromatic rings. The van der Waals surface area contributed by atoms with Crippen molar-refractivity contribution >= 4 is 17.2 Å². The summed E-state index contributed by atoms with van der Waals surface area (Å²) >= 11 is 1.23. The second kappa shape index (κ2) is 1.92. The molecule has 0 aliphatic heterocycles. The summed E-state index contributed by atoms with van der Waals surface area (Å²) in [7, 11) is 0. The molecule has 0 aromatic carbocycles. The van der Waals surface area contributed by atoms with Crippen LogP contribution in [0, 0.1) is 5.51 Å². The van der Waals surface area contributed by atoms with Crippen molar-refractivity contribution < 1.29 is 4.79 Å². The van der Waals surface area contributed by atoms with Crippen molar-refractivity contribution in [3.05, 3.63) is 16.6 Å². The van der Waals surface area contributed by atoms with Gasteiger partial charge in [-0.2, -0.15) is 0 Å². The van der Waals surface area contributed by atoms with Gasteiger partial charge in [0.2, 0.25) is 0 Å². The lowest BCUT2D eigenvalue weighted by molar-refractivity contribution is 0.0996. The van der Waals surface area contributed by atoms with E-state index in [2.05, 4.69) is 10.5 Å². The summed E-state index contributed by atoms with van der Waals surface area (Å²) < 4.78 is 0. The van der Waals surface area contributed by atoms with E-state index in [1.54, 1.807) is 5.38 Å². The molecule has 1 amide bonds. The lowest BCUT2D eigenvalue weighted by Gasteiger charge is -1.78. The van der Waals surface area contributed by atoms with Crippen molar-refractivity contribution in [3.8, 4) is 0 Å². The smallest absolute Gasteiger partial charge is 0.268 e. The quantitative estimate of drug-likeness (QED) is 0.579. The zero-order valence-electron chi connectivity index (χ0n) is 3.92. The van der Waals surface area contributed by atoms with Crippen LogP contribution in [0.3, 0.4) is 0 Å². The van der Waals surface area contributed by atoms with Gasteiger partial charge in [-0.05, 0) is 0 Å². The van der Waals surface area contributed by atoms with Gasteiger partial charge in [-0.3, -0.25) is 4.79 Å². The molecule has 3 nitrogen and oxygen atoms in total. The number of carbonyl (C=O) groups excluding carboxylic acids is 1. The molecule has 1 heterocycles. The summed E-state index contributed by atoms with van der Waals surface area (Å²) in [5.41, 5.74) is 7.63. The highest BCUT2D eigenvalue weighted by Crippen LogP contribution is 1.96. The predicted molar refractivity (Wildman–Crippen MR) is 29.5 cm³/mol. The Morgan fingerprint density at radius 1 is 2.00 bits per heavy atom. The number of amides is 1. The molecule has 0 bridgehead atoms. The highest BCUT2D eigenvalue weighted by Gasteiger charge is 1.98. The molecule has 0 saturated heterocycles. The average Bonchev–Trinajstić information content (AvgIpc) is 2.12. The summed E-state index contributed by atoms with van der Waals surface area (Å²) in [6.45, 7) is 0. The van der Waals surface area contributed by atoms with E-state index < -0.39 is 5.91 Å². The molecule has 0 atom stereocenters. The van der Waals surface area contributed by atoms with Crippen molar-refractivity contribution in [3.63, 3.8) is 0 Å². The van der Waals surface area contributed by atoms with Crippen LogP contribution in [0.15, 0.2) is 5.38 Å². The molecule has 4 heteroatoms. The minimum absolute atomic E-state index is 0.287. The molecule has 41 valence electrons. The molecular weight excluding hydrogens is 124 g/mol. The van der Waals surface area contributed by atoms with E-state index >= 15 is 0 Å². The number of carbonyl (C=O) groups is 1. The van der Waals surface area contributed by atoms with Gasteiger partial charge in [-0.1, -0.05) is 0 Å². The Morgan fingerprint density at radius 2 is 2.75 bits per heavy atom. The summed E-state index contributed by atoms with van der Waals surface area (Å²) in [5.74, 6) is -0.498. The standard InChI is InChI=1S/C4H3N2OS/c5-4(7)3-1-8-2-6-3/h1H,(H2,5,7).